The summed E-state index contributed by atoms with van der Waals surface area (Å²) in [7, 11) is 1.60. The van der Waals surface area contributed by atoms with Crippen LogP contribution in [0.4, 0.5) is 0 Å². The fourth-order valence-corrected chi connectivity index (χ4v) is 4.66. The molecule has 7 nitrogen and oxygen atoms in total. The van der Waals surface area contributed by atoms with Crippen LogP contribution in [0.2, 0.25) is 0 Å². The van der Waals surface area contributed by atoms with Crippen molar-refractivity contribution in [3.63, 3.8) is 0 Å². The number of methoxy groups -OCH3 is 1. The van der Waals surface area contributed by atoms with Crippen LogP contribution in [0.25, 0.3) is 0 Å². The average molecular weight is 405 g/mol. The first kappa shape index (κ1) is 20.5. The van der Waals surface area contributed by atoms with Crippen molar-refractivity contribution in [1.82, 2.24) is 20.4 Å². The van der Waals surface area contributed by atoms with Crippen LogP contribution in [0.3, 0.4) is 0 Å². The van der Waals surface area contributed by atoms with E-state index >= 15 is 0 Å². The van der Waals surface area contributed by atoms with E-state index in [9.17, 15) is 9.59 Å². The Morgan fingerprint density at radius 2 is 2.29 bits per heavy atom. The summed E-state index contributed by atoms with van der Waals surface area (Å²) in [5.41, 5.74) is 2.47. The predicted octanol–water partition coefficient (Wildman–Crippen LogP) is 2.99. The van der Waals surface area contributed by atoms with Gasteiger partial charge in [0, 0.05) is 32.7 Å². The maximum Gasteiger partial charge on any atom is 0.264 e. The van der Waals surface area contributed by atoms with E-state index in [0.29, 0.717) is 31.2 Å². The minimum Gasteiger partial charge on any atom is -0.383 e. The summed E-state index contributed by atoms with van der Waals surface area (Å²) in [6, 6.07) is 2.04. The fraction of sp³-hybridized carbons (Fsp3) is 0.550. The Hall–Kier alpha value is -2.19. The molecule has 2 amide bonds. The molecule has 0 saturated carbocycles. The lowest BCUT2D eigenvalue weighted by molar-refractivity contribution is 0.0709. The summed E-state index contributed by atoms with van der Waals surface area (Å²) in [6.45, 7) is 6.46. The van der Waals surface area contributed by atoms with Crippen molar-refractivity contribution in [1.29, 1.82) is 0 Å². The second-order valence-corrected chi connectivity index (χ2v) is 8.31. The van der Waals surface area contributed by atoms with E-state index in [4.69, 9.17) is 4.74 Å². The number of nitrogens with zero attached hydrogens (tertiary/aromatic N) is 2. The summed E-state index contributed by atoms with van der Waals surface area (Å²) >= 11 is 1.51. The highest BCUT2D eigenvalue weighted by molar-refractivity contribution is 7.12. The first-order valence-corrected chi connectivity index (χ1v) is 10.6. The summed E-state index contributed by atoms with van der Waals surface area (Å²) in [4.78, 5) is 28.3. The Bertz CT molecular complexity index is 814. The standard InChI is InChI=1S/C20H28N4O3S/c1-13(2)15-6-10-28-18(15)20(26)24-8-4-5-14(12-24)17-16(11-22-23-17)19(25)21-7-9-27-3/h6,10-11,13-14H,4-5,7-9,12H2,1-3H3,(H,21,25)(H,22,23)/t14-/m0/s1. The topological polar surface area (TPSA) is 87.3 Å². The molecule has 3 heterocycles. The number of ether oxygens (including phenoxy) is 1. The van der Waals surface area contributed by atoms with Crippen LogP contribution >= 0.6 is 11.3 Å². The van der Waals surface area contributed by atoms with Crippen LogP contribution in [0.5, 0.6) is 0 Å². The number of amides is 2. The predicted molar refractivity (Wildman–Crippen MR) is 109 cm³/mol. The molecule has 0 unspecified atom stereocenters. The number of carbonyl (C=O) groups is 2. The van der Waals surface area contributed by atoms with Crippen LogP contribution in [0.15, 0.2) is 17.6 Å². The molecule has 3 rings (SSSR count). The van der Waals surface area contributed by atoms with Gasteiger partial charge in [-0.15, -0.1) is 11.3 Å². The molecule has 2 aromatic heterocycles. The number of aromatic amines is 1. The van der Waals surface area contributed by atoms with Gasteiger partial charge < -0.3 is 15.0 Å². The van der Waals surface area contributed by atoms with E-state index in [0.717, 1.165) is 35.5 Å². The van der Waals surface area contributed by atoms with Gasteiger partial charge >= 0.3 is 0 Å². The lowest BCUT2D eigenvalue weighted by Crippen LogP contribution is -2.39. The van der Waals surface area contributed by atoms with Gasteiger partial charge in [0.1, 0.15) is 0 Å². The van der Waals surface area contributed by atoms with E-state index in [-0.39, 0.29) is 17.7 Å². The van der Waals surface area contributed by atoms with E-state index < -0.39 is 0 Å². The molecule has 1 atom stereocenters. The number of H-pyrrole nitrogens is 1. The third-order valence-corrected chi connectivity index (χ3v) is 6.05. The summed E-state index contributed by atoms with van der Waals surface area (Å²) < 4.78 is 4.98. The third-order valence-electron chi connectivity index (χ3n) is 5.13. The summed E-state index contributed by atoms with van der Waals surface area (Å²) in [6.07, 6.45) is 3.39. The first-order chi connectivity index (χ1) is 13.5. The Morgan fingerprint density at radius 1 is 1.46 bits per heavy atom. The van der Waals surface area contributed by atoms with Crippen molar-refractivity contribution in [3.05, 3.63) is 39.3 Å². The van der Waals surface area contributed by atoms with Crippen molar-refractivity contribution in [3.8, 4) is 0 Å². The van der Waals surface area contributed by atoms with Crippen LogP contribution in [0.1, 0.15) is 69.8 Å². The fourth-order valence-electron chi connectivity index (χ4n) is 3.64. The second-order valence-electron chi connectivity index (χ2n) is 7.40. The Morgan fingerprint density at radius 3 is 3.04 bits per heavy atom. The molecule has 1 aliphatic heterocycles. The molecule has 2 N–H and O–H groups in total. The Labute approximate surface area is 169 Å². The largest absolute Gasteiger partial charge is 0.383 e. The highest BCUT2D eigenvalue weighted by atomic mass is 32.1. The molecule has 0 spiro atoms. The number of hydrogen-bond donors (Lipinski definition) is 2. The zero-order valence-corrected chi connectivity index (χ0v) is 17.5. The van der Waals surface area contributed by atoms with Crippen molar-refractivity contribution in [2.45, 2.75) is 38.5 Å². The molecule has 0 aromatic carbocycles. The van der Waals surface area contributed by atoms with Gasteiger partial charge in [-0.05, 0) is 35.8 Å². The molecule has 0 bridgehead atoms. The minimum absolute atomic E-state index is 0.0748. The maximum atomic E-state index is 13.1. The van der Waals surface area contributed by atoms with E-state index in [1.165, 1.54) is 11.3 Å². The van der Waals surface area contributed by atoms with Crippen LogP contribution in [0, 0.1) is 0 Å². The van der Waals surface area contributed by atoms with Crippen LogP contribution in [-0.4, -0.2) is 60.3 Å². The quantitative estimate of drug-likeness (QED) is 0.695. The molecule has 1 fully saturated rings. The number of piperidine rings is 1. The van der Waals surface area contributed by atoms with Gasteiger partial charge in [0.05, 0.1) is 28.9 Å². The molecule has 2 aromatic rings. The van der Waals surface area contributed by atoms with Gasteiger partial charge in [0.2, 0.25) is 0 Å². The zero-order valence-electron chi connectivity index (χ0n) is 16.7. The Balaban J connectivity index is 1.72. The third kappa shape index (κ3) is 4.44. The monoisotopic (exact) mass is 404 g/mol. The van der Waals surface area contributed by atoms with Gasteiger partial charge in [-0.25, -0.2) is 0 Å². The molecule has 28 heavy (non-hydrogen) atoms. The highest BCUT2D eigenvalue weighted by Crippen LogP contribution is 2.31. The molecule has 0 aliphatic carbocycles. The number of likely N-dealkylation sites (tertiary alicyclic amines) is 1. The van der Waals surface area contributed by atoms with E-state index in [1.807, 2.05) is 16.3 Å². The molecule has 0 radical (unpaired) electrons. The smallest absolute Gasteiger partial charge is 0.264 e. The molecular weight excluding hydrogens is 376 g/mol. The lowest BCUT2D eigenvalue weighted by atomic mass is 9.92. The highest BCUT2D eigenvalue weighted by Gasteiger charge is 2.30. The van der Waals surface area contributed by atoms with Gasteiger partial charge in [0.25, 0.3) is 11.8 Å². The normalized spacial score (nSPS) is 17.1. The molecule has 8 heteroatoms. The van der Waals surface area contributed by atoms with Crippen molar-refractivity contribution in [2.75, 3.05) is 33.4 Å². The van der Waals surface area contributed by atoms with E-state index in [1.54, 1.807) is 13.3 Å². The van der Waals surface area contributed by atoms with Crippen LogP contribution in [-0.2, 0) is 4.74 Å². The van der Waals surface area contributed by atoms with E-state index in [2.05, 4.69) is 29.4 Å². The number of carbonyl (C=O) groups excluding carboxylic acids is 2. The average Bonchev–Trinajstić information content (AvgIpc) is 3.37. The maximum absolute atomic E-state index is 13.1. The molecule has 1 saturated heterocycles. The number of nitrogens with one attached hydrogen (secondary N) is 2. The molecular formula is C20H28N4O3S. The van der Waals surface area contributed by atoms with Gasteiger partial charge in [-0.3, -0.25) is 14.7 Å². The number of thiophene rings is 1. The van der Waals surface area contributed by atoms with Gasteiger partial charge in [0.15, 0.2) is 0 Å². The summed E-state index contributed by atoms with van der Waals surface area (Å²) in [5, 5.41) is 11.9. The molecule has 1 aliphatic rings. The second kappa shape index (κ2) is 9.34. The molecule has 152 valence electrons. The Kier molecular flexibility index (Phi) is 6.85. The lowest BCUT2D eigenvalue weighted by Gasteiger charge is -2.32. The number of hydrogen-bond acceptors (Lipinski definition) is 5. The van der Waals surface area contributed by atoms with Crippen LogP contribution < -0.4 is 5.32 Å². The minimum atomic E-state index is -0.162. The van der Waals surface area contributed by atoms with Crippen molar-refractivity contribution >= 4 is 23.2 Å². The SMILES string of the molecule is COCCNC(=O)c1cn[nH]c1[C@H]1CCCN(C(=O)c2sccc2C(C)C)C1. The van der Waals surface area contributed by atoms with Gasteiger partial charge in [-0.1, -0.05) is 13.8 Å². The number of rotatable bonds is 7. The number of aromatic nitrogens is 2. The van der Waals surface area contributed by atoms with Crippen molar-refractivity contribution < 1.29 is 14.3 Å². The summed E-state index contributed by atoms with van der Waals surface area (Å²) in [5.74, 6) is 0.324. The zero-order chi connectivity index (χ0) is 20.1. The first-order valence-electron chi connectivity index (χ1n) is 9.70. The van der Waals surface area contributed by atoms with Crippen molar-refractivity contribution in [2.24, 2.45) is 0 Å². The van der Waals surface area contributed by atoms with Gasteiger partial charge in [-0.2, -0.15) is 5.10 Å².